The first-order valence-corrected chi connectivity index (χ1v) is 21.2. The fourth-order valence-corrected chi connectivity index (χ4v) is 9.99. The van der Waals surface area contributed by atoms with Crippen molar-refractivity contribution in [3.05, 3.63) is 223 Å². The Labute approximate surface area is 355 Å². The number of fused-ring (bicyclic) bond motifs is 9. The van der Waals surface area contributed by atoms with E-state index in [1.807, 2.05) is 0 Å². The Morgan fingerprint density at radius 1 is 0.361 bits per heavy atom. The third-order valence-corrected chi connectivity index (χ3v) is 13.1. The van der Waals surface area contributed by atoms with Crippen LogP contribution in [-0.2, 0) is 5.41 Å². The molecule has 2 nitrogen and oxygen atoms in total. The Kier molecular flexibility index (Phi) is 7.92. The zero-order chi connectivity index (χ0) is 40.7. The highest BCUT2D eigenvalue weighted by atomic mass is 16.3. The van der Waals surface area contributed by atoms with Gasteiger partial charge in [-0.1, -0.05) is 172 Å². The van der Waals surface area contributed by atoms with Crippen LogP contribution in [0.4, 0.5) is 17.1 Å². The Bertz CT molecular complexity index is 3480. The van der Waals surface area contributed by atoms with Crippen molar-refractivity contribution in [1.82, 2.24) is 0 Å². The Morgan fingerprint density at radius 2 is 0.967 bits per heavy atom. The van der Waals surface area contributed by atoms with Gasteiger partial charge < -0.3 is 9.32 Å². The van der Waals surface area contributed by atoms with E-state index < -0.39 is 0 Å². The molecule has 0 aliphatic heterocycles. The SMILES string of the molecule is CC1(C)c2ccccc2-c2ccc(N(c3ccc(-c4ccccc4)cc3)c3ccc(-c4cccc5oc6c7ccccc7c(-c7ccc8ccccc8c7)cc6c45)cc3)cc21. The average molecular weight is 780 g/mol. The van der Waals surface area contributed by atoms with E-state index in [1.54, 1.807) is 0 Å². The number of benzene rings is 10. The number of rotatable bonds is 6. The minimum Gasteiger partial charge on any atom is -0.455 e. The molecule has 1 aliphatic carbocycles. The van der Waals surface area contributed by atoms with Crippen LogP contribution in [-0.4, -0.2) is 0 Å². The predicted octanol–water partition coefficient (Wildman–Crippen LogP) is 16.7. The van der Waals surface area contributed by atoms with E-state index in [-0.39, 0.29) is 5.41 Å². The lowest BCUT2D eigenvalue weighted by Gasteiger charge is -2.28. The number of hydrogen-bond acceptors (Lipinski definition) is 2. The van der Waals surface area contributed by atoms with Gasteiger partial charge in [0.2, 0.25) is 0 Å². The summed E-state index contributed by atoms with van der Waals surface area (Å²) in [5, 5.41) is 7.03. The molecular weight excluding hydrogens is 739 g/mol. The minimum absolute atomic E-state index is 0.111. The zero-order valence-electron chi connectivity index (χ0n) is 34.1. The molecule has 0 amide bonds. The lowest BCUT2D eigenvalue weighted by atomic mass is 9.82. The number of anilines is 3. The van der Waals surface area contributed by atoms with Crippen molar-refractivity contribution < 1.29 is 4.42 Å². The molecule has 0 bridgehead atoms. The van der Waals surface area contributed by atoms with Crippen LogP contribution < -0.4 is 4.90 Å². The maximum absolute atomic E-state index is 6.78. The third-order valence-electron chi connectivity index (χ3n) is 13.1. The summed E-state index contributed by atoms with van der Waals surface area (Å²) in [5.74, 6) is 0. The molecule has 0 saturated carbocycles. The van der Waals surface area contributed by atoms with Crippen LogP contribution >= 0.6 is 0 Å². The van der Waals surface area contributed by atoms with Gasteiger partial charge in [-0.2, -0.15) is 0 Å². The van der Waals surface area contributed by atoms with Crippen molar-refractivity contribution >= 4 is 60.5 Å². The Hall–Kier alpha value is -7.68. The summed E-state index contributed by atoms with van der Waals surface area (Å²) in [6.45, 7) is 4.70. The molecule has 10 aromatic carbocycles. The van der Waals surface area contributed by atoms with Gasteiger partial charge >= 0.3 is 0 Å². The van der Waals surface area contributed by atoms with Gasteiger partial charge in [-0.05, 0) is 126 Å². The summed E-state index contributed by atoms with van der Waals surface area (Å²) >= 11 is 0. The molecule has 0 N–H and O–H groups in total. The quantitative estimate of drug-likeness (QED) is 0.167. The lowest BCUT2D eigenvalue weighted by molar-refractivity contribution is 0.660. The summed E-state index contributed by atoms with van der Waals surface area (Å²) in [7, 11) is 0. The van der Waals surface area contributed by atoms with Crippen LogP contribution in [0.3, 0.4) is 0 Å². The maximum Gasteiger partial charge on any atom is 0.143 e. The molecule has 61 heavy (non-hydrogen) atoms. The molecular formula is C59H41NO. The number of hydrogen-bond donors (Lipinski definition) is 0. The largest absolute Gasteiger partial charge is 0.455 e. The second-order valence-corrected chi connectivity index (χ2v) is 16.9. The molecule has 1 aromatic heterocycles. The second-order valence-electron chi connectivity index (χ2n) is 16.9. The summed E-state index contributed by atoms with van der Waals surface area (Å²) in [6.07, 6.45) is 0. The molecule has 288 valence electrons. The fourth-order valence-electron chi connectivity index (χ4n) is 9.99. The standard InChI is InChI=1S/C59H41NO/c1-59(2)54-21-11-10-18-49(54)50-34-33-46(36-55(50)59)60(44-29-25-40(26-30-44)38-13-4-3-5-14-38)45-31-27-41(28-32-45)47-20-12-22-56-57(47)53-37-52(48-17-8-9-19-51(48)58(53)61-56)43-24-23-39-15-6-7-16-42(39)35-43/h3-37H,1-2H3. The smallest absolute Gasteiger partial charge is 0.143 e. The first-order valence-electron chi connectivity index (χ1n) is 21.2. The van der Waals surface area contributed by atoms with Crippen LogP contribution in [0.1, 0.15) is 25.0 Å². The summed E-state index contributed by atoms with van der Waals surface area (Å²) in [4.78, 5) is 2.40. The van der Waals surface area contributed by atoms with Gasteiger partial charge in [0.1, 0.15) is 11.2 Å². The van der Waals surface area contributed by atoms with Gasteiger partial charge in [-0.25, -0.2) is 0 Å². The van der Waals surface area contributed by atoms with Crippen LogP contribution in [0.2, 0.25) is 0 Å². The van der Waals surface area contributed by atoms with Crippen molar-refractivity contribution in [2.45, 2.75) is 19.3 Å². The highest BCUT2D eigenvalue weighted by Crippen LogP contribution is 2.51. The van der Waals surface area contributed by atoms with Crippen molar-refractivity contribution in [3.8, 4) is 44.5 Å². The molecule has 0 radical (unpaired) electrons. The summed E-state index contributed by atoms with van der Waals surface area (Å²) < 4.78 is 6.78. The molecule has 12 rings (SSSR count). The first kappa shape index (κ1) is 35.3. The highest BCUT2D eigenvalue weighted by Gasteiger charge is 2.35. The minimum atomic E-state index is -0.111. The Balaban J connectivity index is 0.996. The van der Waals surface area contributed by atoms with Gasteiger partial charge in [0.25, 0.3) is 0 Å². The van der Waals surface area contributed by atoms with E-state index in [0.29, 0.717) is 0 Å². The van der Waals surface area contributed by atoms with Crippen molar-refractivity contribution in [2.75, 3.05) is 4.90 Å². The maximum atomic E-state index is 6.78. The molecule has 1 aliphatic rings. The topological polar surface area (TPSA) is 16.4 Å². The van der Waals surface area contributed by atoms with Crippen molar-refractivity contribution in [3.63, 3.8) is 0 Å². The van der Waals surface area contributed by atoms with Crippen molar-refractivity contribution in [2.24, 2.45) is 0 Å². The van der Waals surface area contributed by atoms with E-state index >= 15 is 0 Å². The van der Waals surface area contributed by atoms with Crippen LogP contribution in [0.5, 0.6) is 0 Å². The number of nitrogens with zero attached hydrogens (tertiary/aromatic N) is 1. The molecule has 0 spiro atoms. The van der Waals surface area contributed by atoms with E-state index in [2.05, 4.69) is 231 Å². The summed E-state index contributed by atoms with van der Waals surface area (Å²) in [6, 6.07) is 77.3. The molecule has 11 aromatic rings. The van der Waals surface area contributed by atoms with Gasteiger partial charge in [0, 0.05) is 38.6 Å². The zero-order valence-corrected chi connectivity index (χ0v) is 34.1. The first-order chi connectivity index (χ1) is 30.0. The Morgan fingerprint density at radius 3 is 1.77 bits per heavy atom. The van der Waals surface area contributed by atoms with Gasteiger partial charge in [-0.3, -0.25) is 0 Å². The molecule has 0 atom stereocenters. The molecule has 0 unspecified atom stereocenters. The van der Waals surface area contributed by atoms with E-state index in [0.717, 1.165) is 55.5 Å². The van der Waals surface area contributed by atoms with Gasteiger partial charge in [-0.15, -0.1) is 0 Å². The molecule has 1 heterocycles. The molecule has 0 saturated heterocycles. The molecule has 2 heteroatoms. The van der Waals surface area contributed by atoms with E-state index in [9.17, 15) is 0 Å². The fraction of sp³-hybridized carbons (Fsp3) is 0.0508. The lowest BCUT2D eigenvalue weighted by Crippen LogP contribution is -2.16. The van der Waals surface area contributed by atoms with Gasteiger partial charge in [0.15, 0.2) is 0 Å². The third kappa shape index (κ3) is 5.64. The van der Waals surface area contributed by atoms with Crippen LogP contribution in [0.15, 0.2) is 217 Å². The number of furan rings is 1. The normalized spacial score (nSPS) is 12.9. The van der Waals surface area contributed by atoms with Gasteiger partial charge in [0.05, 0.1) is 0 Å². The van der Waals surface area contributed by atoms with Crippen LogP contribution in [0.25, 0.3) is 88.0 Å². The highest BCUT2D eigenvalue weighted by molar-refractivity contribution is 6.22. The second kappa shape index (κ2) is 13.7. The van der Waals surface area contributed by atoms with E-state index in [4.69, 9.17) is 4.42 Å². The average Bonchev–Trinajstić information content (AvgIpc) is 3.81. The predicted molar refractivity (Wildman–Crippen MR) is 257 cm³/mol. The summed E-state index contributed by atoms with van der Waals surface area (Å²) in [5.41, 5.74) is 17.5. The monoisotopic (exact) mass is 779 g/mol. The van der Waals surface area contributed by atoms with Crippen molar-refractivity contribution in [1.29, 1.82) is 0 Å². The van der Waals surface area contributed by atoms with Crippen LogP contribution in [0, 0.1) is 0 Å². The van der Waals surface area contributed by atoms with E-state index in [1.165, 1.54) is 60.7 Å². The molecule has 0 fully saturated rings.